The van der Waals surface area contributed by atoms with Crippen molar-refractivity contribution in [2.24, 2.45) is 0 Å². The Morgan fingerprint density at radius 2 is 1.52 bits per heavy atom. The van der Waals surface area contributed by atoms with Crippen LogP contribution in [0, 0.1) is 0 Å². The van der Waals surface area contributed by atoms with E-state index in [4.69, 9.17) is 0 Å². The molecule has 0 N–H and O–H groups in total. The number of carbonyl (C=O) groups is 1. The van der Waals surface area contributed by atoms with Gasteiger partial charge in [0.15, 0.2) is 5.78 Å². The molecule has 0 saturated carbocycles. The second-order valence-corrected chi connectivity index (χ2v) is 5.95. The summed E-state index contributed by atoms with van der Waals surface area (Å²) < 4.78 is 0. The lowest BCUT2D eigenvalue weighted by Gasteiger charge is -2.15. The summed E-state index contributed by atoms with van der Waals surface area (Å²) in [5.74, 6) is 0.330. The number of Topliss-reactive ketones (excluding diaryl/α,β-unsaturated/α-hetero) is 1. The third-order valence-electron chi connectivity index (χ3n) is 3.57. The first kappa shape index (κ1) is 13.8. The van der Waals surface area contributed by atoms with Gasteiger partial charge in [-0.25, -0.2) is 0 Å². The quantitative estimate of drug-likeness (QED) is 0.594. The van der Waals surface area contributed by atoms with Gasteiger partial charge in [-0.1, -0.05) is 66.7 Å². The van der Waals surface area contributed by atoms with Gasteiger partial charge >= 0.3 is 0 Å². The summed E-state index contributed by atoms with van der Waals surface area (Å²) in [6.45, 7) is 0. The SMILES string of the molecule is O=C(C[C@@H](c1ccccc1)c1cccs1)c1ccccc1. The normalized spacial score (nSPS) is 12.0. The zero-order valence-electron chi connectivity index (χ0n) is 11.6. The number of hydrogen-bond acceptors (Lipinski definition) is 2. The van der Waals surface area contributed by atoms with Crippen LogP contribution in [-0.2, 0) is 0 Å². The number of carbonyl (C=O) groups excluding carboxylic acids is 1. The maximum Gasteiger partial charge on any atom is 0.163 e. The summed E-state index contributed by atoms with van der Waals surface area (Å²) >= 11 is 1.71. The van der Waals surface area contributed by atoms with Gasteiger partial charge in [-0.2, -0.15) is 0 Å². The van der Waals surface area contributed by atoms with E-state index in [0.29, 0.717) is 6.42 Å². The maximum atomic E-state index is 12.5. The summed E-state index contributed by atoms with van der Waals surface area (Å²) in [6, 6.07) is 24.0. The van der Waals surface area contributed by atoms with E-state index in [1.165, 1.54) is 10.4 Å². The van der Waals surface area contributed by atoms with Gasteiger partial charge in [-0.15, -0.1) is 11.3 Å². The molecule has 0 aliphatic carbocycles. The van der Waals surface area contributed by atoms with Crippen LogP contribution in [0.1, 0.15) is 33.1 Å². The Bertz CT molecular complexity index is 687. The van der Waals surface area contributed by atoms with Crippen molar-refractivity contribution in [1.82, 2.24) is 0 Å². The van der Waals surface area contributed by atoms with Crippen molar-refractivity contribution >= 4 is 17.1 Å². The largest absolute Gasteiger partial charge is 0.294 e. The molecule has 0 fully saturated rings. The molecule has 0 unspecified atom stereocenters. The fourth-order valence-electron chi connectivity index (χ4n) is 2.48. The van der Waals surface area contributed by atoms with E-state index in [2.05, 4.69) is 23.6 Å². The fourth-order valence-corrected chi connectivity index (χ4v) is 3.34. The number of thiophene rings is 1. The molecule has 0 amide bonds. The van der Waals surface area contributed by atoms with E-state index >= 15 is 0 Å². The van der Waals surface area contributed by atoms with Crippen LogP contribution in [0.3, 0.4) is 0 Å². The van der Waals surface area contributed by atoms with Gasteiger partial charge in [0.25, 0.3) is 0 Å². The van der Waals surface area contributed by atoms with Crippen molar-refractivity contribution < 1.29 is 4.79 Å². The third kappa shape index (κ3) is 3.29. The maximum absolute atomic E-state index is 12.5. The Kier molecular flexibility index (Phi) is 4.27. The number of ketones is 1. The van der Waals surface area contributed by atoms with E-state index in [9.17, 15) is 4.79 Å². The summed E-state index contributed by atoms with van der Waals surface area (Å²) in [5, 5.41) is 2.07. The van der Waals surface area contributed by atoms with Crippen molar-refractivity contribution in [3.05, 3.63) is 94.2 Å². The molecule has 0 bridgehead atoms. The van der Waals surface area contributed by atoms with Crippen molar-refractivity contribution in [3.63, 3.8) is 0 Å². The molecule has 2 heteroatoms. The lowest BCUT2D eigenvalue weighted by atomic mass is 9.90. The minimum Gasteiger partial charge on any atom is -0.294 e. The van der Waals surface area contributed by atoms with Crippen LogP contribution in [0.25, 0.3) is 0 Å². The fraction of sp³-hybridized carbons (Fsp3) is 0.105. The Morgan fingerprint density at radius 1 is 0.857 bits per heavy atom. The molecule has 0 aliphatic rings. The third-order valence-corrected chi connectivity index (χ3v) is 4.56. The molecule has 1 aromatic heterocycles. The smallest absolute Gasteiger partial charge is 0.163 e. The Balaban J connectivity index is 1.89. The highest BCUT2D eigenvalue weighted by molar-refractivity contribution is 7.10. The van der Waals surface area contributed by atoms with Crippen LogP contribution >= 0.6 is 11.3 Å². The highest BCUT2D eigenvalue weighted by atomic mass is 32.1. The average molecular weight is 292 g/mol. The number of benzene rings is 2. The predicted molar refractivity (Wildman–Crippen MR) is 88.0 cm³/mol. The molecule has 0 radical (unpaired) electrons. The van der Waals surface area contributed by atoms with E-state index in [1.54, 1.807) is 11.3 Å². The molecule has 0 aliphatic heterocycles. The first-order chi connectivity index (χ1) is 10.3. The van der Waals surface area contributed by atoms with Crippen LogP contribution in [0.4, 0.5) is 0 Å². The molecule has 0 saturated heterocycles. The van der Waals surface area contributed by atoms with E-state index in [0.717, 1.165) is 5.56 Å². The zero-order valence-corrected chi connectivity index (χ0v) is 12.4. The molecule has 21 heavy (non-hydrogen) atoms. The predicted octanol–water partition coefficient (Wildman–Crippen LogP) is 5.15. The van der Waals surface area contributed by atoms with Crippen LogP contribution in [0.15, 0.2) is 78.2 Å². The lowest BCUT2D eigenvalue weighted by molar-refractivity contribution is 0.0978. The molecule has 3 rings (SSSR count). The molecular weight excluding hydrogens is 276 g/mol. The first-order valence-corrected chi connectivity index (χ1v) is 7.89. The summed E-state index contributed by atoms with van der Waals surface area (Å²) in [6.07, 6.45) is 0.508. The van der Waals surface area contributed by atoms with Crippen LogP contribution in [-0.4, -0.2) is 5.78 Å². The standard InChI is InChI=1S/C19H16OS/c20-18(16-10-5-2-6-11-16)14-17(19-12-7-13-21-19)15-8-3-1-4-9-15/h1-13,17H,14H2/t17-/m0/s1. The Hall–Kier alpha value is -2.19. The van der Waals surface area contributed by atoms with Crippen LogP contribution in [0.2, 0.25) is 0 Å². The summed E-state index contributed by atoms with van der Waals surface area (Å²) in [7, 11) is 0. The van der Waals surface area contributed by atoms with Gasteiger partial charge in [-0.3, -0.25) is 4.79 Å². The van der Waals surface area contributed by atoms with E-state index < -0.39 is 0 Å². The van der Waals surface area contributed by atoms with E-state index in [1.807, 2.05) is 54.6 Å². The van der Waals surface area contributed by atoms with Gasteiger partial charge in [-0.05, 0) is 17.0 Å². The van der Waals surface area contributed by atoms with Crippen molar-refractivity contribution in [2.75, 3.05) is 0 Å². The van der Waals surface area contributed by atoms with Crippen molar-refractivity contribution in [1.29, 1.82) is 0 Å². The second-order valence-electron chi connectivity index (χ2n) is 4.97. The number of rotatable bonds is 5. The molecule has 1 nitrogen and oxygen atoms in total. The van der Waals surface area contributed by atoms with Gasteiger partial charge in [0.2, 0.25) is 0 Å². The molecular formula is C19H16OS. The van der Waals surface area contributed by atoms with Gasteiger partial charge < -0.3 is 0 Å². The average Bonchev–Trinajstić information content (AvgIpc) is 3.08. The molecule has 3 aromatic rings. The van der Waals surface area contributed by atoms with Crippen LogP contribution < -0.4 is 0 Å². The summed E-state index contributed by atoms with van der Waals surface area (Å²) in [5.41, 5.74) is 1.99. The Morgan fingerprint density at radius 3 is 2.14 bits per heavy atom. The molecule has 104 valence electrons. The molecule has 1 atom stereocenters. The van der Waals surface area contributed by atoms with Crippen LogP contribution in [0.5, 0.6) is 0 Å². The minimum absolute atomic E-state index is 0.138. The lowest BCUT2D eigenvalue weighted by Crippen LogP contribution is -2.08. The van der Waals surface area contributed by atoms with Crippen molar-refractivity contribution in [3.8, 4) is 0 Å². The molecule has 1 heterocycles. The second kappa shape index (κ2) is 6.51. The van der Waals surface area contributed by atoms with Gasteiger partial charge in [0.1, 0.15) is 0 Å². The van der Waals surface area contributed by atoms with Crippen molar-refractivity contribution in [2.45, 2.75) is 12.3 Å². The minimum atomic E-state index is 0.138. The first-order valence-electron chi connectivity index (χ1n) is 7.01. The highest BCUT2D eigenvalue weighted by Crippen LogP contribution is 2.32. The molecule has 2 aromatic carbocycles. The molecule has 0 spiro atoms. The monoisotopic (exact) mass is 292 g/mol. The number of hydrogen-bond donors (Lipinski definition) is 0. The van der Waals surface area contributed by atoms with E-state index in [-0.39, 0.29) is 11.7 Å². The Labute approximate surface area is 128 Å². The zero-order chi connectivity index (χ0) is 14.5. The topological polar surface area (TPSA) is 17.1 Å². The van der Waals surface area contributed by atoms with Gasteiger partial charge in [0, 0.05) is 22.8 Å². The van der Waals surface area contributed by atoms with Gasteiger partial charge in [0.05, 0.1) is 0 Å². The highest BCUT2D eigenvalue weighted by Gasteiger charge is 2.19. The summed E-state index contributed by atoms with van der Waals surface area (Å²) in [4.78, 5) is 13.8.